The van der Waals surface area contributed by atoms with Crippen molar-refractivity contribution < 1.29 is 35.2 Å². The van der Waals surface area contributed by atoms with Gasteiger partial charge in [-0.3, -0.25) is 4.79 Å². The zero-order valence-corrected chi connectivity index (χ0v) is 14.3. The molecule has 26 heavy (non-hydrogen) atoms. The number of likely N-dealkylation sites (tertiary alicyclic amines) is 1. The molecule has 0 bridgehead atoms. The summed E-state index contributed by atoms with van der Waals surface area (Å²) in [6, 6.07) is 4.82. The molecule has 11 heteroatoms. The second kappa shape index (κ2) is 7.77. The number of hydrogen-bond acceptors (Lipinski definition) is 4. The van der Waals surface area contributed by atoms with Gasteiger partial charge in [0.05, 0.1) is 4.90 Å². The minimum Gasteiger partial charge on any atom is -0.385 e. The van der Waals surface area contributed by atoms with Crippen LogP contribution >= 0.6 is 0 Å². The highest BCUT2D eigenvalue weighted by Crippen LogP contribution is 2.25. The maximum Gasteiger partial charge on any atom is 0.471 e. The Morgan fingerprint density at radius 1 is 1.15 bits per heavy atom. The molecule has 1 aromatic carbocycles. The van der Waals surface area contributed by atoms with E-state index < -0.39 is 32.6 Å². The zero-order valence-electron chi connectivity index (χ0n) is 13.5. The topological polar surface area (TPSA) is 66.5 Å². The minimum atomic E-state index is -4.87. The molecule has 0 saturated carbocycles. The van der Waals surface area contributed by atoms with Crippen LogP contribution in [0.2, 0.25) is 0 Å². The number of carbonyl (C=O) groups is 1. The van der Waals surface area contributed by atoms with Crippen LogP contribution in [0.1, 0.15) is 12.8 Å². The number of piperidine rings is 1. The van der Waals surface area contributed by atoms with E-state index in [0.29, 0.717) is 25.1 Å². The maximum absolute atomic E-state index is 12.4. The number of amides is 1. The van der Waals surface area contributed by atoms with Gasteiger partial charge in [-0.25, -0.2) is 8.42 Å². The Morgan fingerprint density at radius 2 is 1.69 bits per heavy atom. The lowest BCUT2D eigenvalue weighted by atomic mass is 9.96. The van der Waals surface area contributed by atoms with E-state index in [1.807, 2.05) is 0 Å². The third-order valence-corrected chi connectivity index (χ3v) is 5.55. The van der Waals surface area contributed by atoms with E-state index in [9.17, 15) is 35.2 Å². The summed E-state index contributed by atoms with van der Waals surface area (Å²) in [4.78, 5) is 11.4. The number of halogens is 5. The monoisotopic (exact) mass is 400 g/mol. The molecule has 146 valence electrons. The van der Waals surface area contributed by atoms with Gasteiger partial charge in [0.2, 0.25) is 9.84 Å². The maximum atomic E-state index is 12.4. The van der Waals surface area contributed by atoms with Gasteiger partial charge in [-0.05, 0) is 43.0 Å². The SMILES string of the molecule is O=C(N1CCC(CNc2ccc(S(=O)(=O)C(F)F)cc2)CC1)C(F)(F)F. The van der Waals surface area contributed by atoms with Gasteiger partial charge in [0.25, 0.3) is 0 Å². The number of anilines is 1. The van der Waals surface area contributed by atoms with Crippen molar-refractivity contribution in [1.29, 1.82) is 0 Å². The lowest BCUT2D eigenvalue weighted by Crippen LogP contribution is -2.46. The standard InChI is InChI=1S/C15H17F5N2O3S/c16-14(17)26(24,25)12-3-1-11(2-4-12)21-9-10-5-7-22(8-6-10)13(23)15(18,19)20/h1-4,10,14,21H,5-9H2. The molecule has 0 aliphatic carbocycles. The second-order valence-corrected chi connectivity index (χ2v) is 7.86. The van der Waals surface area contributed by atoms with Gasteiger partial charge in [0.1, 0.15) is 0 Å². The highest BCUT2D eigenvalue weighted by molar-refractivity contribution is 7.91. The molecule has 1 saturated heterocycles. The van der Waals surface area contributed by atoms with E-state index >= 15 is 0 Å². The fraction of sp³-hybridized carbons (Fsp3) is 0.533. The Kier molecular flexibility index (Phi) is 6.09. The Hall–Kier alpha value is -1.91. The third kappa shape index (κ3) is 4.83. The molecule has 1 aliphatic heterocycles. The Labute approximate surface area is 147 Å². The summed E-state index contributed by atoms with van der Waals surface area (Å²) in [5.41, 5.74) is 0.506. The normalized spacial score (nSPS) is 16.8. The first-order chi connectivity index (χ1) is 12.0. The molecule has 5 nitrogen and oxygen atoms in total. The molecule has 0 spiro atoms. The molecule has 1 aliphatic rings. The van der Waals surface area contributed by atoms with Crippen LogP contribution in [0.5, 0.6) is 0 Å². The van der Waals surface area contributed by atoms with Crippen molar-refractivity contribution in [2.75, 3.05) is 25.0 Å². The summed E-state index contributed by atoms with van der Waals surface area (Å²) in [5.74, 6) is -5.29. The Morgan fingerprint density at radius 3 is 2.15 bits per heavy atom. The number of hydrogen-bond donors (Lipinski definition) is 1. The first-order valence-electron chi connectivity index (χ1n) is 7.74. The number of alkyl halides is 5. The van der Waals surface area contributed by atoms with Crippen molar-refractivity contribution in [1.82, 2.24) is 4.90 Å². The molecular formula is C15H17F5N2O3S. The average Bonchev–Trinajstić information content (AvgIpc) is 2.59. The van der Waals surface area contributed by atoms with Crippen molar-refractivity contribution in [3.63, 3.8) is 0 Å². The van der Waals surface area contributed by atoms with E-state index in [1.54, 1.807) is 0 Å². The summed E-state index contributed by atoms with van der Waals surface area (Å²) >= 11 is 0. The van der Waals surface area contributed by atoms with Crippen molar-refractivity contribution in [2.24, 2.45) is 5.92 Å². The third-order valence-electron chi connectivity index (χ3n) is 4.16. The Balaban J connectivity index is 1.85. The first-order valence-corrected chi connectivity index (χ1v) is 9.28. The van der Waals surface area contributed by atoms with Crippen molar-refractivity contribution >= 4 is 21.4 Å². The molecule has 0 radical (unpaired) electrons. The molecule has 2 rings (SSSR count). The summed E-state index contributed by atoms with van der Waals surface area (Å²) in [6.07, 6.45) is -4.08. The molecule has 1 amide bonds. The van der Waals surface area contributed by atoms with Gasteiger partial charge in [-0.1, -0.05) is 0 Å². The summed E-state index contributed by atoms with van der Waals surface area (Å²) in [6.45, 7) is 0.432. The largest absolute Gasteiger partial charge is 0.471 e. The van der Waals surface area contributed by atoms with Gasteiger partial charge in [0.15, 0.2) is 0 Å². The smallest absolute Gasteiger partial charge is 0.385 e. The second-order valence-electron chi connectivity index (χ2n) is 5.94. The number of carbonyl (C=O) groups excluding carboxylic acids is 1. The van der Waals surface area contributed by atoms with Gasteiger partial charge in [0, 0.05) is 25.3 Å². The summed E-state index contributed by atoms with van der Waals surface area (Å²) < 4.78 is 84.7. The minimum absolute atomic E-state index is 0.0102. The van der Waals surface area contributed by atoms with Crippen LogP contribution in [-0.4, -0.2) is 50.8 Å². The van der Waals surface area contributed by atoms with Gasteiger partial charge < -0.3 is 10.2 Å². The predicted octanol–water partition coefficient (Wildman–Crippen LogP) is 2.90. The number of rotatable bonds is 5. The first kappa shape index (κ1) is 20.4. The van der Waals surface area contributed by atoms with Gasteiger partial charge in [-0.15, -0.1) is 0 Å². The van der Waals surface area contributed by atoms with Crippen molar-refractivity contribution in [3.05, 3.63) is 24.3 Å². The van der Waals surface area contributed by atoms with Crippen LogP contribution in [0.4, 0.5) is 27.6 Å². The molecule has 1 heterocycles. The highest BCUT2D eigenvalue weighted by atomic mass is 32.2. The quantitative estimate of drug-likeness (QED) is 0.772. The van der Waals surface area contributed by atoms with Crippen LogP contribution < -0.4 is 5.32 Å². The average molecular weight is 400 g/mol. The van der Waals surface area contributed by atoms with Crippen molar-refractivity contribution in [3.8, 4) is 0 Å². The van der Waals surface area contributed by atoms with E-state index in [-0.39, 0.29) is 19.0 Å². The highest BCUT2D eigenvalue weighted by Gasteiger charge is 2.43. The molecule has 1 N–H and O–H groups in total. The fourth-order valence-electron chi connectivity index (χ4n) is 2.65. The number of benzene rings is 1. The van der Waals surface area contributed by atoms with E-state index in [2.05, 4.69) is 5.32 Å². The van der Waals surface area contributed by atoms with Gasteiger partial charge >= 0.3 is 17.8 Å². The summed E-state index contributed by atoms with van der Waals surface area (Å²) in [5, 5.41) is 2.99. The molecular weight excluding hydrogens is 383 g/mol. The van der Waals surface area contributed by atoms with Crippen LogP contribution in [-0.2, 0) is 14.6 Å². The molecule has 0 atom stereocenters. The van der Waals surface area contributed by atoms with Gasteiger partial charge in [-0.2, -0.15) is 22.0 Å². The summed E-state index contributed by atoms with van der Waals surface area (Å²) in [7, 11) is -4.65. The lowest BCUT2D eigenvalue weighted by Gasteiger charge is -2.32. The number of sulfone groups is 1. The lowest BCUT2D eigenvalue weighted by molar-refractivity contribution is -0.186. The Bertz CT molecular complexity index is 727. The van der Waals surface area contributed by atoms with Crippen LogP contribution in [0.3, 0.4) is 0 Å². The van der Waals surface area contributed by atoms with E-state index in [4.69, 9.17) is 0 Å². The van der Waals surface area contributed by atoms with Crippen LogP contribution in [0.25, 0.3) is 0 Å². The fourth-order valence-corrected chi connectivity index (χ4v) is 3.37. The van der Waals surface area contributed by atoms with E-state index in [1.165, 1.54) is 12.1 Å². The molecule has 0 aromatic heterocycles. The molecule has 0 unspecified atom stereocenters. The number of nitrogens with zero attached hydrogens (tertiary/aromatic N) is 1. The van der Waals surface area contributed by atoms with Crippen LogP contribution in [0.15, 0.2) is 29.2 Å². The van der Waals surface area contributed by atoms with Crippen molar-refractivity contribution in [2.45, 2.75) is 29.7 Å². The zero-order chi connectivity index (χ0) is 19.5. The van der Waals surface area contributed by atoms with Crippen LogP contribution in [0, 0.1) is 5.92 Å². The van der Waals surface area contributed by atoms with E-state index in [0.717, 1.165) is 17.0 Å². The predicted molar refractivity (Wildman–Crippen MR) is 83.5 cm³/mol. The number of nitrogens with one attached hydrogen (secondary N) is 1. The molecule has 1 aromatic rings. The molecule has 1 fully saturated rings.